The van der Waals surface area contributed by atoms with Gasteiger partial charge >= 0.3 is 0 Å². The van der Waals surface area contributed by atoms with Crippen molar-refractivity contribution >= 4 is 5.96 Å². The van der Waals surface area contributed by atoms with Crippen LogP contribution in [0.3, 0.4) is 0 Å². The summed E-state index contributed by atoms with van der Waals surface area (Å²) >= 11 is 0. The van der Waals surface area contributed by atoms with Crippen LogP contribution in [0.1, 0.15) is 16.7 Å². The average molecular weight is 426 g/mol. The summed E-state index contributed by atoms with van der Waals surface area (Å²) < 4.78 is 10.6. The Morgan fingerprint density at radius 2 is 1.58 bits per heavy atom. The summed E-state index contributed by atoms with van der Waals surface area (Å²) in [6.45, 7) is 6.84. The van der Waals surface area contributed by atoms with E-state index in [0.717, 1.165) is 61.8 Å². The number of methoxy groups -OCH3 is 2. The van der Waals surface area contributed by atoms with Crippen LogP contribution < -0.4 is 20.5 Å². The van der Waals surface area contributed by atoms with E-state index in [9.17, 15) is 0 Å². The van der Waals surface area contributed by atoms with Gasteiger partial charge in [-0.25, -0.2) is 4.99 Å². The maximum Gasteiger partial charge on any atom is 0.188 e. The van der Waals surface area contributed by atoms with E-state index in [1.54, 1.807) is 14.2 Å². The lowest BCUT2D eigenvalue weighted by molar-refractivity contribution is 0.148. The molecule has 2 aromatic carbocycles. The second kappa shape index (κ2) is 11.6. The Morgan fingerprint density at radius 3 is 2.26 bits per heavy atom. The topological polar surface area (TPSA) is 75.4 Å². The molecule has 31 heavy (non-hydrogen) atoms. The van der Waals surface area contributed by atoms with Gasteiger partial charge in [-0.05, 0) is 42.3 Å². The molecule has 3 rings (SSSR count). The number of likely N-dealkylation sites (N-methyl/N-ethyl adjacent to an activating group) is 1. The molecule has 7 nitrogen and oxygen atoms in total. The van der Waals surface area contributed by atoms with Crippen LogP contribution >= 0.6 is 0 Å². The Balaban J connectivity index is 1.42. The molecule has 1 fully saturated rings. The summed E-state index contributed by atoms with van der Waals surface area (Å²) in [5.74, 6) is 1.93. The molecule has 7 heteroatoms. The van der Waals surface area contributed by atoms with Gasteiger partial charge in [-0.1, -0.05) is 30.3 Å². The monoisotopic (exact) mass is 425 g/mol. The van der Waals surface area contributed by atoms with Crippen molar-refractivity contribution < 1.29 is 9.47 Å². The number of hydrogen-bond acceptors (Lipinski definition) is 5. The van der Waals surface area contributed by atoms with Crippen LogP contribution in [0.15, 0.2) is 47.5 Å². The molecule has 0 saturated carbocycles. The molecule has 0 spiro atoms. The smallest absolute Gasteiger partial charge is 0.188 e. The van der Waals surface area contributed by atoms with Crippen molar-refractivity contribution in [2.75, 3.05) is 54.0 Å². The zero-order valence-corrected chi connectivity index (χ0v) is 18.9. The quantitative estimate of drug-likeness (QED) is 0.473. The molecule has 0 bridgehead atoms. The first-order valence-corrected chi connectivity index (χ1v) is 10.8. The first-order chi connectivity index (χ1) is 15.1. The molecule has 0 aromatic heterocycles. The highest BCUT2D eigenvalue weighted by molar-refractivity contribution is 5.77. The maximum absolute atomic E-state index is 6.04. The average Bonchev–Trinajstić information content (AvgIpc) is 2.80. The molecule has 1 saturated heterocycles. The fraction of sp³-hybridized carbons (Fsp3) is 0.458. The summed E-state index contributed by atoms with van der Waals surface area (Å²) in [7, 11) is 5.46. The summed E-state index contributed by atoms with van der Waals surface area (Å²) in [5.41, 5.74) is 9.69. The molecule has 3 N–H and O–H groups in total. The number of nitrogens with one attached hydrogen (secondary N) is 1. The third-order valence-corrected chi connectivity index (χ3v) is 5.62. The van der Waals surface area contributed by atoms with E-state index in [2.05, 4.69) is 51.4 Å². The largest absolute Gasteiger partial charge is 0.493 e. The molecule has 2 aromatic rings. The molecule has 1 aliphatic heterocycles. The lowest BCUT2D eigenvalue weighted by Gasteiger charge is -2.32. The van der Waals surface area contributed by atoms with Crippen LogP contribution in [-0.4, -0.2) is 69.8 Å². The van der Waals surface area contributed by atoms with E-state index in [1.807, 2.05) is 18.2 Å². The number of hydrogen-bond donors (Lipinski definition) is 2. The number of ether oxygens (including phenoxy) is 2. The van der Waals surface area contributed by atoms with Crippen molar-refractivity contribution in [2.45, 2.75) is 19.5 Å². The third kappa shape index (κ3) is 7.15. The minimum atomic E-state index is 0.460. The number of guanidine groups is 1. The Morgan fingerprint density at radius 1 is 0.935 bits per heavy atom. The highest BCUT2D eigenvalue weighted by atomic mass is 16.5. The highest BCUT2D eigenvalue weighted by Crippen LogP contribution is 2.27. The molecule has 0 radical (unpaired) electrons. The Hall–Kier alpha value is -2.77. The summed E-state index contributed by atoms with van der Waals surface area (Å²) in [6, 6.07) is 14.6. The molecule has 0 unspecified atom stereocenters. The molecule has 1 aliphatic rings. The first kappa shape index (κ1) is 22.9. The minimum absolute atomic E-state index is 0.460. The van der Waals surface area contributed by atoms with E-state index >= 15 is 0 Å². The van der Waals surface area contributed by atoms with Crippen molar-refractivity contribution in [3.05, 3.63) is 59.2 Å². The van der Waals surface area contributed by atoms with Crippen LogP contribution in [0.2, 0.25) is 0 Å². The standard InChI is InChI=1S/C24H35N5O2/c1-28-12-14-29(15-13-28)18-21-6-4-20(5-7-21)17-27-24(25)26-11-10-19-8-9-22(30-2)23(16-19)31-3/h4-9,16H,10-15,17-18H2,1-3H3,(H3,25,26,27). The van der Waals surface area contributed by atoms with Crippen molar-refractivity contribution in [3.63, 3.8) is 0 Å². The van der Waals surface area contributed by atoms with Crippen LogP contribution in [0.5, 0.6) is 11.5 Å². The van der Waals surface area contributed by atoms with Crippen molar-refractivity contribution in [1.29, 1.82) is 0 Å². The fourth-order valence-corrected chi connectivity index (χ4v) is 3.62. The zero-order chi connectivity index (χ0) is 22.1. The number of piperazine rings is 1. The van der Waals surface area contributed by atoms with E-state index in [0.29, 0.717) is 19.0 Å². The van der Waals surface area contributed by atoms with Gasteiger partial charge in [0.15, 0.2) is 17.5 Å². The van der Waals surface area contributed by atoms with Gasteiger partial charge in [0.25, 0.3) is 0 Å². The maximum atomic E-state index is 6.04. The van der Waals surface area contributed by atoms with E-state index < -0.39 is 0 Å². The number of rotatable bonds is 9. The van der Waals surface area contributed by atoms with Gasteiger partial charge in [-0.15, -0.1) is 0 Å². The van der Waals surface area contributed by atoms with Gasteiger partial charge in [-0.3, -0.25) is 4.90 Å². The summed E-state index contributed by atoms with van der Waals surface area (Å²) in [5, 5.41) is 3.18. The van der Waals surface area contributed by atoms with Gasteiger partial charge < -0.3 is 25.4 Å². The van der Waals surface area contributed by atoms with Crippen molar-refractivity contribution in [1.82, 2.24) is 15.1 Å². The van der Waals surface area contributed by atoms with Gasteiger partial charge in [0.2, 0.25) is 0 Å². The normalized spacial score (nSPS) is 15.6. The molecule has 1 heterocycles. The lowest BCUT2D eigenvalue weighted by Crippen LogP contribution is -2.43. The van der Waals surface area contributed by atoms with Crippen LogP contribution in [-0.2, 0) is 19.5 Å². The second-order valence-electron chi connectivity index (χ2n) is 7.96. The Labute approximate surface area is 185 Å². The van der Waals surface area contributed by atoms with Gasteiger partial charge in [0, 0.05) is 39.3 Å². The predicted molar refractivity (Wildman–Crippen MR) is 126 cm³/mol. The fourth-order valence-electron chi connectivity index (χ4n) is 3.62. The number of aliphatic imine (C=N–C) groups is 1. The summed E-state index contributed by atoms with van der Waals surface area (Å²) in [4.78, 5) is 9.35. The first-order valence-electron chi connectivity index (χ1n) is 10.8. The van der Waals surface area contributed by atoms with Gasteiger partial charge in [0.1, 0.15) is 0 Å². The molecule has 168 valence electrons. The van der Waals surface area contributed by atoms with E-state index in [-0.39, 0.29) is 0 Å². The highest BCUT2D eigenvalue weighted by Gasteiger charge is 2.13. The molecule has 0 aliphatic carbocycles. The van der Waals surface area contributed by atoms with Crippen LogP contribution in [0, 0.1) is 0 Å². The predicted octanol–water partition coefficient (Wildman–Crippen LogP) is 2.10. The summed E-state index contributed by atoms with van der Waals surface area (Å²) in [6.07, 6.45) is 0.817. The molecule has 0 atom stereocenters. The Bertz CT molecular complexity index is 846. The number of benzene rings is 2. The van der Waals surface area contributed by atoms with Crippen LogP contribution in [0.25, 0.3) is 0 Å². The zero-order valence-electron chi connectivity index (χ0n) is 18.9. The third-order valence-electron chi connectivity index (χ3n) is 5.62. The second-order valence-corrected chi connectivity index (χ2v) is 7.96. The van der Waals surface area contributed by atoms with E-state index in [4.69, 9.17) is 15.2 Å². The molecular formula is C24H35N5O2. The van der Waals surface area contributed by atoms with Gasteiger partial charge in [0.05, 0.1) is 20.8 Å². The van der Waals surface area contributed by atoms with Gasteiger partial charge in [-0.2, -0.15) is 0 Å². The van der Waals surface area contributed by atoms with E-state index in [1.165, 1.54) is 5.56 Å². The Kier molecular flexibility index (Phi) is 8.55. The minimum Gasteiger partial charge on any atom is -0.493 e. The van der Waals surface area contributed by atoms with Crippen molar-refractivity contribution in [3.8, 4) is 11.5 Å². The number of nitrogens with two attached hydrogens (primary N) is 1. The lowest BCUT2D eigenvalue weighted by atomic mass is 10.1. The van der Waals surface area contributed by atoms with Crippen molar-refractivity contribution in [2.24, 2.45) is 10.7 Å². The number of nitrogens with zero attached hydrogens (tertiary/aromatic N) is 3. The molecular weight excluding hydrogens is 390 g/mol. The van der Waals surface area contributed by atoms with Crippen LogP contribution in [0.4, 0.5) is 0 Å². The molecule has 0 amide bonds. The SMILES string of the molecule is COc1ccc(CCNC(N)=NCc2ccc(CN3CCN(C)CC3)cc2)cc1OC.